The predicted octanol–water partition coefficient (Wildman–Crippen LogP) is 3.59. The Labute approximate surface area is 119 Å². The molecule has 3 rings (SSSR count). The average Bonchev–Trinajstić information content (AvgIpc) is 3.10. The smallest absolute Gasteiger partial charge is 0.138 e. The first-order chi connectivity index (χ1) is 9.33. The molecule has 6 heteroatoms. The number of aromatic nitrogens is 3. The molecule has 0 bridgehead atoms. The average molecular weight is 291 g/mol. The summed E-state index contributed by atoms with van der Waals surface area (Å²) in [4.78, 5) is 3.96. The van der Waals surface area contributed by atoms with Gasteiger partial charge in [-0.2, -0.15) is 16.4 Å². The third-order valence-electron chi connectivity index (χ3n) is 2.69. The highest BCUT2D eigenvalue weighted by Crippen LogP contribution is 2.24. The molecule has 0 radical (unpaired) electrons. The number of rotatable bonds is 4. The van der Waals surface area contributed by atoms with E-state index < -0.39 is 0 Å². The second-order valence-electron chi connectivity index (χ2n) is 3.99. The van der Waals surface area contributed by atoms with Crippen molar-refractivity contribution in [2.75, 3.05) is 5.32 Å². The summed E-state index contributed by atoms with van der Waals surface area (Å²) in [7, 11) is 0. The van der Waals surface area contributed by atoms with Crippen LogP contribution in [0.5, 0.6) is 0 Å². The molecular weight excluding hydrogens is 280 g/mol. The highest BCUT2D eigenvalue weighted by molar-refractivity contribution is 7.07. The van der Waals surface area contributed by atoms with E-state index in [0.29, 0.717) is 5.02 Å². The van der Waals surface area contributed by atoms with E-state index in [-0.39, 0.29) is 0 Å². The van der Waals surface area contributed by atoms with Crippen LogP contribution in [0.4, 0.5) is 5.69 Å². The molecule has 0 saturated heterocycles. The fourth-order valence-corrected chi connectivity index (χ4v) is 2.61. The molecule has 2 heterocycles. The van der Waals surface area contributed by atoms with Crippen LogP contribution >= 0.6 is 22.9 Å². The largest absolute Gasteiger partial charge is 0.379 e. The number of halogens is 1. The van der Waals surface area contributed by atoms with Crippen molar-refractivity contribution in [3.8, 4) is 5.69 Å². The summed E-state index contributed by atoms with van der Waals surface area (Å²) in [6.45, 7) is 0.755. The summed E-state index contributed by atoms with van der Waals surface area (Å²) in [6.07, 6.45) is 3.18. The van der Waals surface area contributed by atoms with Crippen LogP contribution in [0.3, 0.4) is 0 Å². The van der Waals surface area contributed by atoms with Gasteiger partial charge in [0, 0.05) is 11.6 Å². The van der Waals surface area contributed by atoms with E-state index >= 15 is 0 Å². The Balaban J connectivity index is 1.88. The maximum atomic E-state index is 6.06. The normalized spacial score (nSPS) is 10.6. The number of hydrogen-bond donors (Lipinski definition) is 1. The van der Waals surface area contributed by atoms with Crippen molar-refractivity contribution < 1.29 is 0 Å². The van der Waals surface area contributed by atoms with Crippen molar-refractivity contribution in [1.29, 1.82) is 0 Å². The van der Waals surface area contributed by atoms with Crippen molar-refractivity contribution in [3.05, 3.63) is 58.3 Å². The molecule has 19 heavy (non-hydrogen) atoms. The van der Waals surface area contributed by atoms with Crippen LogP contribution in [0.2, 0.25) is 5.02 Å². The third-order valence-corrected chi connectivity index (χ3v) is 3.65. The summed E-state index contributed by atoms with van der Waals surface area (Å²) in [5.74, 6) is 0. The van der Waals surface area contributed by atoms with Gasteiger partial charge in [-0.25, -0.2) is 9.67 Å². The monoisotopic (exact) mass is 290 g/mol. The highest BCUT2D eigenvalue weighted by Gasteiger charge is 2.06. The van der Waals surface area contributed by atoms with Gasteiger partial charge in [-0.1, -0.05) is 11.6 Å². The van der Waals surface area contributed by atoms with Crippen LogP contribution in [0.15, 0.2) is 47.7 Å². The minimum atomic E-state index is 0.691. The molecular formula is C13H11ClN4S. The fourth-order valence-electron chi connectivity index (χ4n) is 1.77. The first-order valence-corrected chi connectivity index (χ1v) is 7.04. The first kappa shape index (κ1) is 12.2. The van der Waals surface area contributed by atoms with Crippen molar-refractivity contribution in [2.24, 2.45) is 0 Å². The van der Waals surface area contributed by atoms with E-state index in [9.17, 15) is 0 Å². The SMILES string of the molecule is Clc1ccc(-n2cncn2)c(NCc2ccsc2)c1. The van der Waals surface area contributed by atoms with Crippen LogP contribution in [-0.2, 0) is 6.54 Å². The van der Waals surface area contributed by atoms with Gasteiger partial charge in [0.25, 0.3) is 0 Å². The molecule has 3 aromatic rings. The van der Waals surface area contributed by atoms with Gasteiger partial charge in [0.05, 0.1) is 11.4 Å². The summed E-state index contributed by atoms with van der Waals surface area (Å²) in [6, 6.07) is 7.75. The Kier molecular flexibility index (Phi) is 3.48. The number of hydrogen-bond acceptors (Lipinski definition) is 4. The van der Waals surface area contributed by atoms with E-state index in [1.807, 2.05) is 18.2 Å². The van der Waals surface area contributed by atoms with Crippen LogP contribution in [0.1, 0.15) is 5.56 Å². The molecule has 0 aliphatic carbocycles. The Morgan fingerprint density at radius 2 is 2.26 bits per heavy atom. The Hall–Kier alpha value is -1.85. The van der Waals surface area contributed by atoms with Crippen molar-refractivity contribution in [3.63, 3.8) is 0 Å². The summed E-state index contributed by atoms with van der Waals surface area (Å²) < 4.78 is 1.71. The van der Waals surface area contributed by atoms with Crippen molar-refractivity contribution in [1.82, 2.24) is 14.8 Å². The summed E-state index contributed by atoms with van der Waals surface area (Å²) >= 11 is 7.74. The minimum absolute atomic E-state index is 0.691. The lowest BCUT2D eigenvalue weighted by Gasteiger charge is -2.11. The van der Waals surface area contributed by atoms with Gasteiger partial charge >= 0.3 is 0 Å². The molecule has 0 aliphatic rings. The van der Waals surface area contributed by atoms with Gasteiger partial charge < -0.3 is 5.32 Å². The minimum Gasteiger partial charge on any atom is -0.379 e. The Morgan fingerprint density at radius 3 is 3.00 bits per heavy atom. The molecule has 0 atom stereocenters. The second kappa shape index (κ2) is 5.42. The van der Waals surface area contributed by atoms with E-state index in [1.165, 1.54) is 11.9 Å². The molecule has 2 aromatic heterocycles. The van der Waals surface area contributed by atoms with Crippen molar-refractivity contribution >= 4 is 28.6 Å². The second-order valence-corrected chi connectivity index (χ2v) is 5.20. The van der Waals surface area contributed by atoms with E-state index in [1.54, 1.807) is 22.3 Å². The van der Waals surface area contributed by atoms with Crippen LogP contribution < -0.4 is 5.32 Å². The van der Waals surface area contributed by atoms with Gasteiger partial charge in [-0.3, -0.25) is 0 Å². The molecule has 1 aromatic carbocycles. The van der Waals surface area contributed by atoms with Gasteiger partial charge in [0.2, 0.25) is 0 Å². The van der Waals surface area contributed by atoms with Crippen molar-refractivity contribution in [2.45, 2.75) is 6.54 Å². The van der Waals surface area contributed by atoms with Gasteiger partial charge in [-0.05, 0) is 40.6 Å². The zero-order chi connectivity index (χ0) is 13.1. The number of benzene rings is 1. The van der Waals surface area contributed by atoms with Gasteiger partial charge in [-0.15, -0.1) is 0 Å². The maximum Gasteiger partial charge on any atom is 0.138 e. The lowest BCUT2D eigenvalue weighted by atomic mass is 10.2. The molecule has 0 saturated carbocycles. The first-order valence-electron chi connectivity index (χ1n) is 5.72. The number of nitrogens with one attached hydrogen (secondary N) is 1. The molecule has 1 N–H and O–H groups in total. The molecule has 4 nitrogen and oxygen atoms in total. The zero-order valence-electron chi connectivity index (χ0n) is 9.95. The number of nitrogens with zero attached hydrogens (tertiary/aromatic N) is 3. The lowest BCUT2D eigenvalue weighted by molar-refractivity contribution is 0.878. The van der Waals surface area contributed by atoms with Crippen LogP contribution in [-0.4, -0.2) is 14.8 Å². The zero-order valence-corrected chi connectivity index (χ0v) is 11.5. The molecule has 0 fully saturated rings. The van der Waals surface area contributed by atoms with E-state index in [0.717, 1.165) is 17.9 Å². The molecule has 96 valence electrons. The molecule has 0 unspecified atom stereocenters. The topological polar surface area (TPSA) is 42.7 Å². The summed E-state index contributed by atoms with van der Waals surface area (Å²) in [5.41, 5.74) is 3.11. The molecule has 0 aliphatic heterocycles. The molecule has 0 amide bonds. The lowest BCUT2D eigenvalue weighted by Crippen LogP contribution is -2.04. The summed E-state index contributed by atoms with van der Waals surface area (Å²) in [5, 5.41) is 12.4. The highest BCUT2D eigenvalue weighted by atomic mass is 35.5. The fraction of sp³-hybridized carbons (Fsp3) is 0.0769. The van der Waals surface area contributed by atoms with Crippen LogP contribution in [0, 0.1) is 0 Å². The number of anilines is 1. The van der Waals surface area contributed by atoms with Gasteiger partial charge in [0.15, 0.2) is 0 Å². The van der Waals surface area contributed by atoms with E-state index in [4.69, 9.17) is 11.6 Å². The van der Waals surface area contributed by atoms with Crippen LogP contribution in [0.25, 0.3) is 5.69 Å². The molecule has 0 spiro atoms. The quantitative estimate of drug-likeness (QED) is 0.798. The third kappa shape index (κ3) is 2.77. The maximum absolute atomic E-state index is 6.06. The number of thiophene rings is 1. The predicted molar refractivity (Wildman–Crippen MR) is 78.0 cm³/mol. The van der Waals surface area contributed by atoms with E-state index in [2.05, 4.69) is 32.2 Å². The Bertz CT molecular complexity index is 649. The standard InChI is InChI=1S/C13H11ClN4S/c14-11-1-2-13(18-9-15-8-17-18)12(5-11)16-6-10-3-4-19-7-10/h1-5,7-9,16H,6H2. The Morgan fingerprint density at radius 1 is 1.32 bits per heavy atom. The van der Waals surface area contributed by atoms with Gasteiger partial charge in [0.1, 0.15) is 12.7 Å².